The van der Waals surface area contributed by atoms with Crippen LogP contribution in [0.1, 0.15) is 38.6 Å². The van der Waals surface area contributed by atoms with Crippen LogP contribution in [-0.4, -0.2) is 84.2 Å². The van der Waals surface area contributed by atoms with Gasteiger partial charge in [0.1, 0.15) is 5.82 Å². The normalized spacial score (nSPS) is 13.6. The molecular weight excluding hydrogens is 528 g/mol. The second-order valence-corrected chi connectivity index (χ2v) is 10.4. The fraction of sp³-hybridized carbons (Fsp3) is 0.323. The zero-order valence-corrected chi connectivity index (χ0v) is 23.6. The van der Waals surface area contributed by atoms with Gasteiger partial charge in [0, 0.05) is 70.3 Å². The molecule has 1 aliphatic heterocycles. The van der Waals surface area contributed by atoms with Crippen molar-refractivity contribution in [1.82, 2.24) is 19.8 Å². The lowest BCUT2D eigenvalue weighted by Crippen LogP contribution is -2.38. The Bertz CT molecular complexity index is 1420. The van der Waals surface area contributed by atoms with E-state index in [1.807, 2.05) is 30.3 Å². The number of ether oxygens (including phenoxy) is 1. The van der Waals surface area contributed by atoms with E-state index in [1.165, 1.54) is 4.90 Å². The average Bonchev–Trinajstić information content (AvgIpc) is 2.95. The van der Waals surface area contributed by atoms with Gasteiger partial charge in [-0.1, -0.05) is 66.7 Å². The minimum atomic E-state index is -0.593. The fourth-order valence-corrected chi connectivity index (χ4v) is 4.67. The van der Waals surface area contributed by atoms with E-state index in [0.717, 1.165) is 24.2 Å². The molecular formula is C31H33ClN4O4. The minimum Gasteiger partial charge on any atom is -0.379 e. The Hall–Kier alpha value is -3.72. The molecule has 0 radical (unpaired) electrons. The summed E-state index contributed by atoms with van der Waals surface area (Å²) in [5.74, 6) is -0.586. The summed E-state index contributed by atoms with van der Waals surface area (Å²) < 4.78 is 5.37. The van der Waals surface area contributed by atoms with Crippen LogP contribution < -0.4 is 0 Å². The number of ketones is 2. The maximum Gasteiger partial charge on any atom is 0.294 e. The largest absolute Gasteiger partial charge is 0.379 e. The standard InChI is InChI=1S/C31H33ClN4O4/c1-21(20-36-11-13-40-14-12-36)28(37)16-22-7-6-8-23(15-22)17-29-33-19-26(32)27(34-29)18-24-9-4-5-10-25(24)30(38)31(39)35(2)3/h4-10,15,19H,1,11-14,16-18,20H2,2-3H3. The smallest absolute Gasteiger partial charge is 0.294 e. The van der Waals surface area contributed by atoms with Crippen LogP contribution >= 0.6 is 11.6 Å². The number of nitrogens with zero attached hydrogens (tertiary/aromatic N) is 4. The number of rotatable bonds is 11. The summed E-state index contributed by atoms with van der Waals surface area (Å²) in [6.45, 7) is 7.54. The first-order chi connectivity index (χ1) is 19.2. The molecule has 0 N–H and O–H groups in total. The molecule has 0 bridgehead atoms. The third-order valence-corrected chi connectivity index (χ3v) is 7.03. The van der Waals surface area contributed by atoms with Crippen molar-refractivity contribution in [1.29, 1.82) is 0 Å². The molecule has 4 rings (SSSR count). The Morgan fingerprint density at radius 1 is 1.02 bits per heavy atom. The molecule has 8 nitrogen and oxygen atoms in total. The summed E-state index contributed by atoms with van der Waals surface area (Å²) in [6, 6.07) is 14.8. The average molecular weight is 561 g/mol. The molecule has 0 unspecified atom stereocenters. The van der Waals surface area contributed by atoms with Crippen molar-refractivity contribution < 1.29 is 19.1 Å². The highest BCUT2D eigenvalue weighted by molar-refractivity contribution is 6.43. The lowest BCUT2D eigenvalue weighted by atomic mass is 9.98. The van der Waals surface area contributed by atoms with Crippen LogP contribution in [0.25, 0.3) is 0 Å². The molecule has 1 aliphatic rings. The molecule has 0 atom stereocenters. The maximum atomic E-state index is 12.8. The van der Waals surface area contributed by atoms with Gasteiger partial charge in [0.05, 0.1) is 23.9 Å². The third kappa shape index (κ3) is 7.69. The first kappa shape index (κ1) is 29.3. The van der Waals surface area contributed by atoms with Crippen LogP contribution in [0.3, 0.4) is 0 Å². The summed E-state index contributed by atoms with van der Waals surface area (Å²) in [6.07, 6.45) is 2.55. The molecule has 208 valence electrons. The molecule has 0 saturated carbocycles. The number of benzene rings is 2. The summed E-state index contributed by atoms with van der Waals surface area (Å²) in [5.41, 5.74) is 4.01. The van der Waals surface area contributed by atoms with Gasteiger partial charge < -0.3 is 9.64 Å². The Kier molecular flexibility index (Phi) is 9.93. The summed E-state index contributed by atoms with van der Waals surface area (Å²) in [7, 11) is 3.09. The number of carbonyl (C=O) groups is 3. The van der Waals surface area contributed by atoms with Gasteiger partial charge in [0.15, 0.2) is 5.78 Å². The number of Topliss-reactive ketones (excluding diaryl/α,β-unsaturated/α-hetero) is 2. The van der Waals surface area contributed by atoms with E-state index in [0.29, 0.717) is 59.4 Å². The van der Waals surface area contributed by atoms with Gasteiger partial charge in [0.2, 0.25) is 0 Å². The molecule has 0 aliphatic carbocycles. The topological polar surface area (TPSA) is 92.7 Å². The molecule has 2 heterocycles. The Morgan fingerprint density at radius 3 is 2.50 bits per heavy atom. The highest BCUT2D eigenvalue weighted by Crippen LogP contribution is 2.21. The van der Waals surface area contributed by atoms with Crippen LogP contribution in [-0.2, 0) is 33.6 Å². The second kappa shape index (κ2) is 13.6. The van der Waals surface area contributed by atoms with E-state index in [1.54, 1.807) is 38.5 Å². The number of morpholine rings is 1. The molecule has 40 heavy (non-hydrogen) atoms. The number of hydrogen-bond donors (Lipinski definition) is 0. The van der Waals surface area contributed by atoms with Crippen LogP contribution in [0.15, 0.2) is 66.9 Å². The molecule has 1 fully saturated rings. The molecule has 1 aromatic heterocycles. The number of aromatic nitrogens is 2. The van der Waals surface area contributed by atoms with Gasteiger partial charge in [-0.05, 0) is 16.7 Å². The predicted molar refractivity (Wildman–Crippen MR) is 154 cm³/mol. The van der Waals surface area contributed by atoms with Gasteiger partial charge in [-0.15, -0.1) is 0 Å². The Balaban J connectivity index is 1.45. The minimum absolute atomic E-state index is 0.0228. The van der Waals surface area contributed by atoms with E-state index in [9.17, 15) is 14.4 Å². The van der Waals surface area contributed by atoms with E-state index in [4.69, 9.17) is 16.3 Å². The monoisotopic (exact) mass is 560 g/mol. The predicted octanol–water partition coefficient (Wildman–Crippen LogP) is 3.58. The number of halogens is 1. The van der Waals surface area contributed by atoms with Crippen molar-refractivity contribution in [3.63, 3.8) is 0 Å². The SMILES string of the molecule is C=C(CN1CCOCC1)C(=O)Cc1cccc(Cc2ncc(Cl)c(Cc3ccccc3C(=O)C(=O)N(C)C)n2)c1. The molecule has 1 saturated heterocycles. The van der Waals surface area contributed by atoms with E-state index >= 15 is 0 Å². The van der Waals surface area contributed by atoms with Crippen LogP contribution in [0, 0.1) is 0 Å². The quantitative estimate of drug-likeness (QED) is 0.201. The van der Waals surface area contributed by atoms with Crippen LogP contribution in [0.5, 0.6) is 0 Å². The molecule has 2 aromatic carbocycles. The fourth-order valence-electron chi connectivity index (χ4n) is 4.51. The van der Waals surface area contributed by atoms with Crippen LogP contribution in [0.4, 0.5) is 0 Å². The van der Waals surface area contributed by atoms with Gasteiger partial charge in [-0.25, -0.2) is 9.97 Å². The number of amides is 1. The zero-order chi connectivity index (χ0) is 28.6. The third-order valence-electron chi connectivity index (χ3n) is 6.72. The molecule has 0 spiro atoms. The Labute approximate surface area is 239 Å². The molecule has 1 amide bonds. The summed E-state index contributed by atoms with van der Waals surface area (Å²) in [4.78, 5) is 50.4. The van der Waals surface area contributed by atoms with Crippen molar-refractivity contribution in [2.45, 2.75) is 19.3 Å². The summed E-state index contributed by atoms with van der Waals surface area (Å²) >= 11 is 6.43. The summed E-state index contributed by atoms with van der Waals surface area (Å²) in [5, 5.41) is 0.378. The van der Waals surface area contributed by atoms with Crippen molar-refractivity contribution in [3.05, 3.63) is 106 Å². The lowest BCUT2D eigenvalue weighted by Gasteiger charge is -2.26. The highest BCUT2D eigenvalue weighted by atomic mass is 35.5. The number of carbonyl (C=O) groups excluding carboxylic acids is 3. The van der Waals surface area contributed by atoms with Gasteiger partial charge in [-0.2, -0.15) is 0 Å². The van der Waals surface area contributed by atoms with Crippen molar-refractivity contribution in [3.8, 4) is 0 Å². The van der Waals surface area contributed by atoms with E-state index < -0.39 is 11.7 Å². The molecule has 9 heteroatoms. The molecule has 3 aromatic rings. The van der Waals surface area contributed by atoms with Crippen molar-refractivity contribution in [2.24, 2.45) is 0 Å². The zero-order valence-electron chi connectivity index (χ0n) is 22.9. The first-order valence-corrected chi connectivity index (χ1v) is 13.5. The van der Waals surface area contributed by atoms with E-state index in [-0.39, 0.29) is 18.6 Å². The van der Waals surface area contributed by atoms with Crippen LogP contribution in [0.2, 0.25) is 5.02 Å². The second-order valence-electron chi connectivity index (χ2n) is 10.0. The maximum absolute atomic E-state index is 12.8. The number of hydrogen-bond acceptors (Lipinski definition) is 7. The lowest BCUT2D eigenvalue weighted by molar-refractivity contribution is -0.124. The van der Waals surface area contributed by atoms with Gasteiger partial charge >= 0.3 is 0 Å². The number of likely N-dealkylation sites (N-methyl/N-ethyl adjacent to an activating group) is 1. The van der Waals surface area contributed by atoms with E-state index in [2.05, 4.69) is 21.4 Å². The Morgan fingerprint density at radius 2 is 1.75 bits per heavy atom. The first-order valence-electron chi connectivity index (χ1n) is 13.1. The van der Waals surface area contributed by atoms with Gasteiger partial charge in [-0.3, -0.25) is 19.3 Å². The highest BCUT2D eigenvalue weighted by Gasteiger charge is 2.22. The van der Waals surface area contributed by atoms with Crippen molar-refractivity contribution in [2.75, 3.05) is 46.9 Å². The van der Waals surface area contributed by atoms with Crippen molar-refractivity contribution >= 4 is 29.1 Å². The van der Waals surface area contributed by atoms with Gasteiger partial charge in [0.25, 0.3) is 11.7 Å².